The molecule has 20 nitrogen and oxygen atoms in total. The number of hydrogen-bond donors (Lipinski definition) is 11. The molecule has 53 heavy (non-hydrogen) atoms. The van der Waals surface area contributed by atoms with Gasteiger partial charge in [-0.2, -0.15) is 0 Å². The predicted octanol–water partition coefficient (Wildman–Crippen LogP) is -4.20. The molecule has 1 fully saturated rings. The summed E-state index contributed by atoms with van der Waals surface area (Å²) in [5, 5.41) is 53.7. The molecule has 302 valence electrons. The van der Waals surface area contributed by atoms with E-state index in [-0.39, 0.29) is 37.6 Å². The first-order chi connectivity index (χ1) is 24.6. The number of carboxylic acids is 1. The van der Waals surface area contributed by atoms with Gasteiger partial charge in [0, 0.05) is 6.54 Å². The lowest BCUT2D eigenvalue weighted by molar-refractivity contribution is -0.144. The summed E-state index contributed by atoms with van der Waals surface area (Å²) >= 11 is 0. The molecular formula is C33H58N8O12. The highest BCUT2D eigenvalue weighted by atomic mass is 16.4. The quantitative estimate of drug-likeness (QED) is 0.0530. The SMILES string of the molecule is CC(C)C[C@H](NC(=O)[C@@H](NC(=O)[C@@H](NC(=O)[C@@H]1CCCN1C(=O)CNC(=O)CNC(=O)[C@H](CC(C)C)NC(=O)[C@@H](N)[C@@H](C)O)[C@@H](C)O)[C@@H](C)O)C(=O)O. The van der Waals surface area contributed by atoms with Crippen LogP contribution in [-0.2, 0) is 38.4 Å². The third kappa shape index (κ3) is 15.6. The fourth-order valence-corrected chi connectivity index (χ4v) is 5.41. The van der Waals surface area contributed by atoms with Crippen LogP contribution in [0.2, 0.25) is 0 Å². The van der Waals surface area contributed by atoms with Crippen LogP contribution in [0, 0.1) is 11.8 Å². The van der Waals surface area contributed by atoms with Crippen LogP contribution in [0.5, 0.6) is 0 Å². The highest BCUT2D eigenvalue weighted by Gasteiger charge is 2.38. The Balaban J connectivity index is 2.85. The molecule has 1 aliphatic heterocycles. The lowest BCUT2D eigenvalue weighted by atomic mass is 10.0. The van der Waals surface area contributed by atoms with Crippen molar-refractivity contribution in [2.45, 2.75) is 129 Å². The van der Waals surface area contributed by atoms with Gasteiger partial charge in [-0.15, -0.1) is 0 Å². The molecule has 1 saturated heterocycles. The number of nitrogens with two attached hydrogens (primary N) is 1. The van der Waals surface area contributed by atoms with Crippen LogP contribution >= 0.6 is 0 Å². The molecule has 20 heteroatoms. The molecule has 7 amide bonds. The summed E-state index contributed by atoms with van der Waals surface area (Å²) in [6, 6.07) is -7.99. The minimum Gasteiger partial charge on any atom is -0.480 e. The summed E-state index contributed by atoms with van der Waals surface area (Å²) in [5.74, 6) is -7.15. The van der Waals surface area contributed by atoms with Gasteiger partial charge in [-0.1, -0.05) is 27.7 Å². The van der Waals surface area contributed by atoms with Crippen molar-refractivity contribution in [3.05, 3.63) is 0 Å². The number of carbonyl (C=O) groups is 8. The Morgan fingerprint density at radius 1 is 0.660 bits per heavy atom. The highest BCUT2D eigenvalue weighted by Crippen LogP contribution is 2.18. The maximum Gasteiger partial charge on any atom is 0.326 e. The molecule has 0 aromatic heterocycles. The lowest BCUT2D eigenvalue weighted by Crippen LogP contribution is -2.62. The van der Waals surface area contributed by atoms with Gasteiger partial charge in [0.25, 0.3) is 0 Å². The van der Waals surface area contributed by atoms with Gasteiger partial charge in [-0.3, -0.25) is 33.6 Å². The maximum atomic E-state index is 13.3. The molecule has 0 spiro atoms. The van der Waals surface area contributed by atoms with E-state index in [0.29, 0.717) is 6.42 Å². The maximum absolute atomic E-state index is 13.3. The average molecular weight is 759 g/mol. The number of hydrogen-bond acceptors (Lipinski definition) is 12. The monoisotopic (exact) mass is 758 g/mol. The van der Waals surface area contributed by atoms with Crippen molar-refractivity contribution in [1.82, 2.24) is 36.8 Å². The van der Waals surface area contributed by atoms with Crippen molar-refractivity contribution in [1.29, 1.82) is 0 Å². The molecule has 0 unspecified atom stereocenters. The van der Waals surface area contributed by atoms with Crippen molar-refractivity contribution < 1.29 is 58.8 Å². The van der Waals surface area contributed by atoms with Crippen molar-refractivity contribution >= 4 is 47.3 Å². The number of aliphatic hydroxyl groups is 3. The van der Waals surface area contributed by atoms with Gasteiger partial charge in [-0.25, -0.2) is 4.79 Å². The largest absolute Gasteiger partial charge is 0.480 e. The van der Waals surface area contributed by atoms with Crippen LogP contribution in [-0.4, -0.2) is 147 Å². The second-order valence-electron chi connectivity index (χ2n) is 14.2. The molecule has 1 heterocycles. The molecule has 0 radical (unpaired) electrons. The van der Waals surface area contributed by atoms with E-state index in [1.807, 2.05) is 13.8 Å². The van der Waals surface area contributed by atoms with E-state index < -0.39 is 115 Å². The van der Waals surface area contributed by atoms with Gasteiger partial charge in [0.2, 0.25) is 41.4 Å². The number of aliphatic carboxylic acids is 1. The van der Waals surface area contributed by atoms with Crippen LogP contribution in [0.4, 0.5) is 0 Å². The van der Waals surface area contributed by atoms with E-state index in [4.69, 9.17) is 5.73 Å². The Bertz CT molecular complexity index is 1310. The molecular weight excluding hydrogens is 700 g/mol. The summed E-state index contributed by atoms with van der Waals surface area (Å²) in [5.41, 5.74) is 5.64. The van der Waals surface area contributed by atoms with E-state index in [1.54, 1.807) is 13.8 Å². The number of carbonyl (C=O) groups excluding carboxylic acids is 7. The molecule has 1 aliphatic rings. The average Bonchev–Trinajstić information content (AvgIpc) is 3.55. The van der Waals surface area contributed by atoms with Crippen LogP contribution in [0.25, 0.3) is 0 Å². The van der Waals surface area contributed by atoms with Crippen LogP contribution in [0.1, 0.15) is 74.1 Å². The van der Waals surface area contributed by atoms with E-state index in [1.165, 1.54) is 25.7 Å². The number of likely N-dealkylation sites (tertiary alicyclic amines) is 1. The van der Waals surface area contributed by atoms with Gasteiger partial charge < -0.3 is 63.0 Å². The molecule has 0 saturated carbocycles. The predicted molar refractivity (Wildman–Crippen MR) is 188 cm³/mol. The Morgan fingerprint density at radius 3 is 1.68 bits per heavy atom. The fraction of sp³-hybridized carbons (Fsp3) is 0.758. The first-order valence-corrected chi connectivity index (χ1v) is 17.6. The molecule has 1 rings (SSSR count). The van der Waals surface area contributed by atoms with E-state index in [0.717, 1.165) is 0 Å². The molecule has 9 atom stereocenters. The first-order valence-electron chi connectivity index (χ1n) is 17.6. The lowest BCUT2D eigenvalue weighted by Gasteiger charge is -2.29. The zero-order chi connectivity index (χ0) is 40.7. The number of rotatable bonds is 21. The van der Waals surface area contributed by atoms with Gasteiger partial charge in [0.15, 0.2) is 0 Å². The minimum absolute atomic E-state index is 0.0308. The van der Waals surface area contributed by atoms with Gasteiger partial charge in [0.1, 0.15) is 36.3 Å². The normalized spacial score (nSPS) is 18.7. The summed E-state index contributed by atoms with van der Waals surface area (Å²) in [6.07, 6.45) is -3.30. The summed E-state index contributed by atoms with van der Waals surface area (Å²) in [4.78, 5) is 103. The minimum atomic E-state index is -1.64. The Morgan fingerprint density at radius 2 is 1.17 bits per heavy atom. The Hall–Kier alpha value is -4.40. The third-order valence-electron chi connectivity index (χ3n) is 8.35. The summed E-state index contributed by atoms with van der Waals surface area (Å²) in [7, 11) is 0. The zero-order valence-corrected chi connectivity index (χ0v) is 31.4. The Kier molecular flexibility index (Phi) is 19.3. The fourth-order valence-electron chi connectivity index (χ4n) is 5.41. The second-order valence-corrected chi connectivity index (χ2v) is 14.2. The number of aliphatic hydroxyl groups excluding tert-OH is 3. The molecule has 12 N–H and O–H groups in total. The molecule has 0 aliphatic carbocycles. The van der Waals surface area contributed by atoms with E-state index >= 15 is 0 Å². The first kappa shape index (κ1) is 46.6. The topological polar surface area (TPSA) is 319 Å². The highest BCUT2D eigenvalue weighted by molar-refractivity contribution is 5.96. The molecule has 0 aromatic rings. The summed E-state index contributed by atoms with van der Waals surface area (Å²) < 4.78 is 0. The zero-order valence-electron chi connectivity index (χ0n) is 31.4. The van der Waals surface area contributed by atoms with Crippen LogP contribution < -0.4 is 37.6 Å². The number of carboxylic acid groups (broad SMARTS) is 1. The van der Waals surface area contributed by atoms with E-state index in [2.05, 4.69) is 31.9 Å². The second kappa shape index (κ2) is 22.0. The number of nitrogens with one attached hydrogen (secondary N) is 6. The van der Waals surface area contributed by atoms with Crippen molar-refractivity contribution in [2.75, 3.05) is 19.6 Å². The van der Waals surface area contributed by atoms with E-state index in [9.17, 15) is 58.8 Å². The molecule has 0 bridgehead atoms. The van der Waals surface area contributed by atoms with Crippen LogP contribution in [0.15, 0.2) is 0 Å². The number of nitrogens with zero attached hydrogens (tertiary/aromatic N) is 1. The van der Waals surface area contributed by atoms with Crippen molar-refractivity contribution in [3.63, 3.8) is 0 Å². The van der Waals surface area contributed by atoms with Gasteiger partial charge in [-0.05, 0) is 58.3 Å². The van der Waals surface area contributed by atoms with Crippen LogP contribution in [0.3, 0.4) is 0 Å². The third-order valence-corrected chi connectivity index (χ3v) is 8.35. The van der Waals surface area contributed by atoms with Gasteiger partial charge in [0.05, 0.1) is 31.4 Å². The van der Waals surface area contributed by atoms with Gasteiger partial charge >= 0.3 is 5.97 Å². The number of amides is 7. The Labute approximate surface area is 308 Å². The van der Waals surface area contributed by atoms with Crippen molar-refractivity contribution in [3.8, 4) is 0 Å². The van der Waals surface area contributed by atoms with Crippen molar-refractivity contribution in [2.24, 2.45) is 17.6 Å². The summed E-state index contributed by atoms with van der Waals surface area (Å²) in [6.45, 7) is 9.86. The standard InChI is InChI=1S/C33H58N8O12/c1-15(2)11-20(37-30(49)25(34)17(5)42)28(47)36-13-23(45)35-14-24(46)41-10-8-9-22(41)29(48)39-27(19(7)44)32(51)40-26(18(6)43)31(50)38-21(33(52)53)12-16(3)4/h15-22,25-27,42-44H,8-14,34H2,1-7H3,(H,35,45)(H,36,47)(H,37,49)(H,38,50)(H,39,48)(H,40,51)(H,52,53)/t17-,18-,19-,20+,21+,22+,25+,26+,27+/m1/s1. The smallest absolute Gasteiger partial charge is 0.326 e. The molecule has 0 aromatic carbocycles.